The normalized spacial score (nSPS) is 10.4. The van der Waals surface area contributed by atoms with Crippen molar-refractivity contribution in [1.82, 2.24) is 9.97 Å². The van der Waals surface area contributed by atoms with Crippen LogP contribution >= 0.6 is 11.6 Å². The molecule has 11 nitrogen and oxygen atoms in total. The van der Waals surface area contributed by atoms with Gasteiger partial charge in [0.25, 0.3) is 11.2 Å². The second-order valence-corrected chi connectivity index (χ2v) is 8.25. The first-order chi connectivity index (χ1) is 17.7. The summed E-state index contributed by atoms with van der Waals surface area (Å²) in [5.74, 6) is -1.62. The molecule has 0 aliphatic rings. The molecule has 186 valence electrons. The zero-order chi connectivity index (χ0) is 26.5. The third kappa shape index (κ3) is 6.16. The number of nitro benzene ring substituents is 1. The van der Waals surface area contributed by atoms with Crippen LogP contribution in [-0.2, 0) is 9.59 Å². The summed E-state index contributed by atoms with van der Waals surface area (Å²) in [4.78, 5) is 54.3. The molecule has 0 spiro atoms. The average molecular weight is 519 g/mol. The van der Waals surface area contributed by atoms with Crippen LogP contribution in [-0.4, -0.2) is 26.7 Å². The average Bonchev–Trinajstić information content (AvgIpc) is 2.88. The first-order valence-corrected chi connectivity index (χ1v) is 11.2. The highest BCUT2D eigenvalue weighted by molar-refractivity contribution is 6.43. The summed E-state index contributed by atoms with van der Waals surface area (Å²) in [5.41, 5.74) is 2.27. The van der Waals surface area contributed by atoms with Crippen molar-refractivity contribution in [1.29, 1.82) is 0 Å². The quantitative estimate of drug-likeness (QED) is 0.164. The summed E-state index contributed by atoms with van der Waals surface area (Å²) in [7, 11) is 0. The number of carbonyl (C=O) groups is 2. The van der Waals surface area contributed by atoms with Crippen LogP contribution in [0, 0.1) is 17.0 Å². The number of non-ortho nitro benzene ring substituents is 1. The number of H-pyrrole nitrogens is 1. The Morgan fingerprint density at radius 3 is 1.92 bits per heavy atom. The molecule has 1 heterocycles. The lowest BCUT2D eigenvalue weighted by Gasteiger charge is -2.11. The highest BCUT2D eigenvalue weighted by Crippen LogP contribution is 2.24. The Hall–Kier alpha value is -5.03. The predicted octanol–water partition coefficient (Wildman–Crippen LogP) is 4.63. The standard InChI is InChI=1S/C25H19ClN6O5/c1-14-21(30-25(31-22(14)33)29-19-8-4-16(26)5-9-19)15-2-6-17(7-3-15)27-23(34)24(35)28-18-10-12-20(13-11-18)32(36)37/h2-13H,1H3,(H,27,34)(H,28,35)(H2,29,30,31,33). The molecular formula is C25H19ClN6O5. The Bertz CT molecular complexity index is 1530. The van der Waals surface area contributed by atoms with Gasteiger partial charge < -0.3 is 16.0 Å². The van der Waals surface area contributed by atoms with Crippen molar-refractivity contribution in [2.24, 2.45) is 0 Å². The number of halogens is 1. The number of benzene rings is 3. The van der Waals surface area contributed by atoms with Gasteiger partial charge >= 0.3 is 11.8 Å². The summed E-state index contributed by atoms with van der Waals surface area (Å²) in [5, 5.41) is 19.2. The van der Waals surface area contributed by atoms with E-state index < -0.39 is 16.7 Å². The van der Waals surface area contributed by atoms with Gasteiger partial charge in [-0.3, -0.25) is 29.5 Å². The number of carbonyl (C=O) groups excluding carboxylic acids is 2. The Morgan fingerprint density at radius 1 is 0.865 bits per heavy atom. The third-order valence-electron chi connectivity index (χ3n) is 5.22. The first kappa shape index (κ1) is 25.1. The molecule has 2 amide bonds. The molecule has 0 unspecified atom stereocenters. The number of aromatic nitrogens is 2. The fourth-order valence-corrected chi connectivity index (χ4v) is 3.42. The van der Waals surface area contributed by atoms with E-state index in [1.54, 1.807) is 55.5 Å². The lowest BCUT2D eigenvalue weighted by atomic mass is 10.1. The maximum atomic E-state index is 12.5. The number of nitrogens with one attached hydrogen (secondary N) is 4. The molecule has 3 aromatic carbocycles. The molecule has 37 heavy (non-hydrogen) atoms. The Morgan fingerprint density at radius 2 is 1.38 bits per heavy atom. The van der Waals surface area contributed by atoms with E-state index in [0.717, 1.165) is 0 Å². The molecule has 1 aromatic heterocycles. The van der Waals surface area contributed by atoms with Gasteiger partial charge in [-0.2, -0.15) is 0 Å². The first-order valence-electron chi connectivity index (χ1n) is 10.8. The largest absolute Gasteiger partial charge is 0.326 e. The Kier molecular flexibility index (Phi) is 7.26. The van der Waals surface area contributed by atoms with Crippen LogP contribution in [0.3, 0.4) is 0 Å². The molecule has 0 fully saturated rings. The summed E-state index contributed by atoms with van der Waals surface area (Å²) in [6.07, 6.45) is 0. The minimum absolute atomic E-state index is 0.138. The van der Waals surface area contributed by atoms with Crippen LogP contribution in [0.1, 0.15) is 5.56 Å². The minimum atomic E-state index is -0.942. The van der Waals surface area contributed by atoms with Crippen molar-refractivity contribution in [3.63, 3.8) is 0 Å². The molecule has 4 rings (SSSR count). The molecular weight excluding hydrogens is 500 g/mol. The van der Waals surface area contributed by atoms with Crippen LogP contribution in [0.4, 0.5) is 28.7 Å². The number of hydrogen-bond donors (Lipinski definition) is 4. The second kappa shape index (κ2) is 10.7. The lowest BCUT2D eigenvalue weighted by Crippen LogP contribution is -2.29. The van der Waals surface area contributed by atoms with Crippen molar-refractivity contribution in [2.75, 3.05) is 16.0 Å². The number of aromatic amines is 1. The zero-order valence-electron chi connectivity index (χ0n) is 19.2. The van der Waals surface area contributed by atoms with Gasteiger partial charge in [0.05, 0.1) is 10.6 Å². The molecule has 0 bridgehead atoms. The molecule has 0 radical (unpaired) electrons. The van der Waals surface area contributed by atoms with Crippen LogP contribution < -0.4 is 21.5 Å². The van der Waals surface area contributed by atoms with Gasteiger partial charge in [-0.25, -0.2) is 4.98 Å². The number of amides is 2. The highest BCUT2D eigenvalue weighted by atomic mass is 35.5. The monoisotopic (exact) mass is 518 g/mol. The van der Waals surface area contributed by atoms with Crippen LogP contribution in [0.5, 0.6) is 0 Å². The molecule has 12 heteroatoms. The molecule has 0 saturated carbocycles. The van der Waals surface area contributed by atoms with E-state index in [0.29, 0.717) is 33.2 Å². The van der Waals surface area contributed by atoms with Gasteiger partial charge in [0, 0.05) is 45.3 Å². The highest BCUT2D eigenvalue weighted by Gasteiger charge is 2.16. The number of hydrogen-bond acceptors (Lipinski definition) is 7. The van der Waals surface area contributed by atoms with Crippen LogP contribution in [0.25, 0.3) is 11.3 Å². The van der Waals surface area contributed by atoms with Crippen molar-refractivity contribution >= 4 is 52.1 Å². The third-order valence-corrected chi connectivity index (χ3v) is 5.47. The van der Waals surface area contributed by atoms with Crippen molar-refractivity contribution in [3.05, 3.63) is 104 Å². The van der Waals surface area contributed by atoms with Gasteiger partial charge in [0.15, 0.2) is 0 Å². The Labute approximate surface area is 214 Å². The maximum Gasteiger partial charge on any atom is 0.314 e. The molecule has 0 saturated heterocycles. The van der Waals surface area contributed by atoms with Crippen LogP contribution in [0.2, 0.25) is 5.02 Å². The smallest absolute Gasteiger partial charge is 0.314 e. The van der Waals surface area contributed by atoms with E-state index in [1.807, 2.05) is 0 Å². The summed E-state index contributed by atoms with van der Waals surface area (Å²) < 4.78 is 0. The molecule has 0 atom stereocenters. The van der Waals surface area contributed by atoms with Gasteiger partial charge in [-0.1, -0.05) is 23.7 Å². The van der Waals surface area contributed by atoms with Gasteiger partial charge in [-0.15, -0.1) is 0 Å². The topological polar surface area (TPSA) is 159 Å². The molecule has 4 aromatic rings. The predicted molar refractivity (Wildman–Crippen MR) is 140 cm³/mol. The minimum Gasteiger partial charge on any atom is -0.326 e. The van der Waals surface area contributed by atoms with Gasteiger partial charge in [0.1, 0.15) is 0 Å². The SMILES string of the molecule is Cc1c(-c2ccc(NC(=O)C(=O)Nc3ccc([N+](=O)[O-])cc3)cc2)nc(Nc2ccc(Cl)cc2)[nH]c1=O. The van der Waals surface area contributed by atoms with E-state index in [-0.39, 0.29) is 22.9 Å². The van der Waals surface area contributed by atoms with Crippen molar-refractivity contribution in [3.8, 4) is 11.3 Å². The van der Waals surface area contributed by atoms with E-state index in [2.05, 4.69) is 25.9 Å². The van der Waals surface area contributed by atoms with E-state index >= 15 is 0 Å². The van der Waals surface area contributed by atoms with E-state index in [4.69, 9.17) is 11.6 Å². The summed E-state index contributed by atoms with van der Waals surface area (Å²) in [6.45, 7) is 1.64. The Balaban J connectivity index is 1.45. The molecule has 4 N–H and O–H groups in total. The number of rotatable bonds is 6. The second-order valence-electron chi connectivity index (χ2n) is 7.81. The van der Waals surface area contributed by atoms with Crippen molar-refractivity contribution < 1.29 is 14.5 Å². The van der Waals surface area contributed by atoms with Crippen LogP contribution in [0.15, 0.2) is 77.6 Å². The fraction of sp³-hybridized carbons (Fsp3) is 0.0400. The number of nitrogens with zero attached hydrogens (tertiary/aromatic N) is 2. The van der Waals surface area contributed by atoms with Crippen molar-refractivity contribution in [2.45, 2.75) is 6.92 Å². The summed E-state index contributed by atoms with van der Waals surface area (Å²) in [6, 6.07) is 18.4. The number of anilines is 4. The molecule has 0 aliphatic heterocycles. The fourth-order valence-electron chi connectivity index (χ4n) is 3.30. The van der Waals surface area contributed by atoms with E-state index in [9.17, 15) is 24.5 Å². The maximum absolute atomic E-state index is 12.5. The van der Waals surface area contributed by atoms with E-state index in [1.165, 1.54) is 24.3 Å². The molecule has 0 aliphatic carbocycles. The number of nitro groups is 1. The van der Waals surface area contributed by atoms with Gasteiger partial charge in [0.2, 0.25) is 5.95 Å². The zero-order valence-corrected chi connectivity index (χ0v) is 20.0. The summed E-state index contributed by atoms with van der Waals surface area (Å²) >= 11 is 5.91. The lowest BCUT2D eigenvalue weighted by molar-refractivity contribution is -0.384. The van der Waals surface area contributed by atoms with Gasteiger partial charge in [-0.05, 0) is 55.5 Å².